The number of likely N-dealkylation sites (tertiary alicyclic amines) is 1. The number of rotatable bonds is 3. The van der Waals surface area contributed by atoms with Gasteiger partial charge in [0.1, 0.15) is 0 Å². The molecule has 20 heavy (non-hydrogen) atoms. The molecular formula is C13H19N3O3S. The van der Waals surface area contributed by atoms with E-state index >= 15 is 0 Å². The van der Waals surface area contributed by atoms with Gasteiger partial charge in [0.15, 0.2) is 0 Å². The molecule has 0 bridgehead atoms. The molecule has 6 nitrogen and oxygen atoms in total. The molecule has 0 aliphatic carbocycles. The minimum atomic E-state index is -0.823. The predicted octanol–water partition coefficient (Wildman–Crippen LogP) is 1.77. The summed E-state index contributed by atoms with van der Waals surface area (Å²) in [5.41, 5.74) is 0.940. The zero-order chi connectivity index (χ0) is 14.7. The smallest absolute Gasteiger partial charge is 0.317 e. The zero-order valence-electron chi connectivity index (χ0n) is 11.7. The van der Waals surface area contributed by atoms with Crippen molar-refractivity contribution in [1.29, 1.82) is 0 Å². The first-order valence-corrected chi connectivity index (χ1v) is 7.47. The first kappa shape index (κ1) is 14.8. The van der Waals surface area contributed by atoms with Crippen LogP contribution < -0.4 is 5.32 Å². The molecule has 1 saturated heterocycles. The topological polar surface area (TPSA) is 82.5 Å². The van der Waals surface area contributed by atoms with Crippen LogP contribution in [0.1, 0.15) is 28.4 Å². The molecule has 1 aromatic heterocycles. The highest BCUT2D eigenvalue weighted by atomic mass is 32.1. The van der Waals surface area contributed by atoms with Crippen LogP contribution in [0.2, 0.25) is 0 Å². The molecule has 110 valence electrons. The number of hydrogen-bond acceptors (Lipinski definition) is 4. The van der Waals surface area contributed by atoms with Gasteiger partial charge in [-0.15, -0.1) is 11.3 Å². The summed E-state index contributed by atoms with van der Waals surface area (Å²) in [6, 6.07) is -0.193. The number of carbonyl (C=O) groups is 2. The predicted molar refractivity (Wildman–Crippen MR) is 75.8 cm³/mol. The van der Waals surface area contributed by atoms with Crippen molar-refractivity contribution in [2.24, 2.45) is 5.92 Å². The number of nitrogens with one attached hydrogen (secondary N) is 1. The number of thiazole rings is 1. The Hall–Kier alpha value is -1.63. The van der Waals surface area contributed by atoms with Crippen molar-refractivity contribution >= 4 is 23.3 Å². The molecule has 2 N–H and O–H groups in total. The average molecular weight is 297 g/mol. The van der Waals surface area contributed by atoms with Gasteiger partial charge in [0.05, 0.1) is 23.2 Å². The Bertz CT molecular complexity index is 515. The van der Waals surface area contributed by atoms with Crippen molar-refractivity contribution in [2.45, 2.75) is 33.2 Å². The van der Waals surface area contributed by atoms with E-state index in [0.29, 0.717) is 26.1 Å². The first-order valence-electron chi connectivity index (χ1n) is 6.66. The number of aryl methyl sites for hydroxylation is 2. The summed E-state index contributed by atoms with van der Waals surface area (Å²) in [5, 5.41) is 12.8. The molecule has 2 rings (SSSR count). The highest BCUT2D eigenvalue weighted by Gasteiger charge is 2.28. The quantitative estimate of drug-likeness (QED) is 0.890. The van der Waals surface area contributed by atoms with E-state index in [-0.39, 0.29) is 6.03 Å². The summed E-state index contributed by atoms with van der Waals surface area (Å²) >= 11 is 1.57. The van der Waals surface area contributed by atoms with Crippen LogP contribution in [0.3, 0.4) is 0 Å². The summed E-state index contributed by atoms with van der Waals surface area (Å²) in [4.78, 5) is 30.0. The van der Waals surface area contributed by atoms with Crippen molar-refractivity contribution < 1.29 is 14.7 Å². The lowest BCUT2D eigenvalue weighted by Gasteiger charge is -2.30. The molecule has 1 aromatic rings. The van der Waals surface area contributed by atoms with E-state index in [9.17, 15) is 9.59 Å². The summed E-state index contributed by atoms with van der Waals surface area (Å²) in [7, 11) is 0. The fourth-order valence-corrected chi connectivity index (χ4v) is 3.25. The fourth-order valence-electron chi connectivity index (χ4n) is 2.37. The van der Waals surface area contributed by atoms with E-state index in [1.54, 1.807) is 16.2 Å². The number of nitrogens with zero attached hydrogens (tertiary/aromatic N) is 2. The molecule has 0 aromatic carbocycles. The summed E-state index contributed by atoms with van der Waals surface area (Å²) in [6.45, 7) is 5.22. The second kappa shape index (κ2) is 6.21. The van der Waals surface area contributed by atoms with Crippen LogP contribution in [0.15, 0.2) is 0 Å². The maximum atomic E-state index is 12.1. The molecule has 0 radical (unpaired) electrons. The monoisotopic (exact) mass is 297 g/mol. The number of carboxylic acids is 1. The van der Waals surface area contributed by atoms with Crippen LogP contribution >= 0.6 is 11.3 Å². The van der Waals surface area contributed by atoms with Crippen LogP contribution in [0.25, 0.3) is 0 Å². The Labute approximate surface area is 121 Å². The molecule has 1 aliphatic rings. The Morgan fingerprint density at radius 3 is 2.85 bits per heavy atom. The SMILES string of the molecule is Cc1nc(C)c(CNC(=O)N2CCCC(C(=O)O)C2)s1. The molecule has 0 spiro atoms. The normalized spacial score (nSPS) is 18.9. The Balaban J connectivity index is 1.88. The summed E-state index contributed by atoms with van der Waals surface area (Å²) in [6.07, 6.45) is 1.38. The van der Waals surface area contributed by atoms with Gasteiger partial charge < -0.3 is 15.3 Å². The number of piperidine rings is 1. The zero-order valence-corrected chi connectivity index (χ0v) is 12.5. The Kier molecular flexibility index (Phi) is 4.59. The third-order valence-electron chi connectivity index (χ3n) is 3.46. The molecule has 1 atom stereocenters. The van der Waals surface area contributed by atoms with E-state index < -0.39 is 11.9 Å². The highest BCUT2D eigenvalue weighted by Crippen LogP contribution is 2.18. The molecule has 1 unspecified atom stereocenters. The van der Waals surface area contributed by atoms with E-state index in [4.69, 9.17) is 5.11 Å². The Morgan fingerprint density at radius 1 is 1.50 bits per heavy atom. The molecule has 2 heterocycles. The molecule has 1 aliphatic heterocycles. The molecule has 1 fully saturated rings. The Morgan fingerprint density at radius 2 is 2.25 bits per heavy atom. The van der Waals surface area contributed by atoms with Gasteiger partial charge in [-0.25, -0.2) is 9.78 Å². The minimum Gasteiger partial charge on any atom is -0.481 e. The third-order valence-corrected chi connectivity index (χ3v) is 4.53. The second-order valence-electron chi connectivity index (χ2n) is 5.02. The van der Waals surface area contributed by atoms with Crippen LogP contribution in [0.4, 0.5) is 4.79 Å². The largest absolute Gasteiger partial charge is 0.481 e. The van der Waals surface area contributed by atoms with Gasteiger partial charge in [0, 0.05) is 18.0 Å². The minimum absolute atomic E-state index is 0.193. The highest BCUT2D eigenvalue weighted by molar-refractivity contribution is 7.11. The molecule has 2 amide bonds. The summed E-state index contributed by atoms with van der Waals surface area (Å²) in [5.74, 6) is -1.27. The van der Waals surface area contributed by atoms with E-state index in [0.717, 1.165) is 22.0 Å². The first-order chi connectivity index (χ1) is 9.47. The maximum Gasteiger partial charge on any atom is 0.317 e. The van der Waals surface area contributed by atoms with Crippen LogP contribution in [-0.4, -0.2) is 40.1 Å². The van der Waals surface area contributed by atoms with Gasteiger partial charge >= 0.3 is 12.0 Å². The number of amides is 2. The van der Waals surface area contributed by atoms with Gasteiger partial charge in [-0.3, -0.25) is 4.79 Å². The number of aromatic nitrogens is 1. The second-order valence-corrected chi connectivity index (χ2v) is 6.31. The number of hydrogen-bond donors (Lipinski definition) is 2. The maximum absolute atomic E-state index is 12.1. The van der Waals surface area contributed by atoms with Gasteiger partial charge in [0.2, 0.25) is 0 Å². The lowest BCUT2D eigenvalue weighted by Crippen LogP contribution is -2.46. The molecule has 7 heteroatoms. The van der Waals surface area contributed by atoms with Crippen LogP contribution in [0, 0.1) is 19.8 Å². The number of carbonyl (C=O) groups excluding carboxylic acids is 1. The van der Waals surface area contributed by atoms with Gasteiger partial charge in [-0.1, -0.05) is 0 Å². The van der Waals surface area contributed by atoms with Crippen molar-refractivity contribution in [3.05, 3.63) is 15.6 Å². The number of aliphatic carboxylic acids is 1. The van der Waals surface area contributed by atoms with Gasteiger partial charge in [0.25, 0.3) is 0 Å². The van der Waals surface area contributed by atoms with Crippen molar-refractivity contribution in [2.75, 3.05) is 13.1 Å². The van der Waals surface area contributed by atoms with Crippen molar-refractivity contribution in [3.63, 3.8) is 0 Å². The average Bonchev–Trinajstić information content (AvgIpc) is 2.74. The van der Waals surface area contributed by atoms with E-state index in [2.05, 4.69) is 10.3 Å². The number of carboxylic acid groups (broad SMARTS) is 1. The number of urea groups is 1. The van der Waals surface area contributed by atoms with Gasteiger partial charge in [-0.2, -0.15) is 0 Å². The standard InChI is InChI=1S/C13H19N3O3S/c1-8-11(20-9(2)15-8)6-14-13(19)16-5-3-4-10(7-16)12(17)18/h10H,3-7H2,1-2H3,(H,14,19)(H,17,18). The van der Waals surface area contributed by atoms with E-state index in [1.165, 1.54) is 0 Å². The lowest BCUT2D eigenvalue weighted by molar-refractivity contribution is -0.143. The summed E-state index contributed by atoms with van der Waals surface area (Å²) < 4.78 is 0. The molecule has 0 saturated carbocycles. The van der Waals surface area contributed by atoms with Crippen LogP contribution in [-0.2, 0) is 11.3 Å². The van der Waals surface area contributed by atoms with Crippen molar-refractivity contribution in [3.8, 4) is 0 Å². The van der Waals surface area contributed by atoms with Crippen LogP contribution in [0.5, 0.6) is 0 Å². The van der Waals surface area contributed by atoms with Gasteiger partial charge in [-0.05, 0) is 26.7 Å². The van der Waals surface area contributed by atoms with Crippen molar-refractivity contribution in [1.82, 2.24) is 15.2 Å². The fraction of sp³-hybridized carbons (Fsp3) is 0.615. The molecular weight excluding hydrogens is 278 g/mol. The van der Waals surface area contributed by atoms with E-state index in [1.807, 2.05) is 13.8 Å². The lowest BCUT2D eigenvalue weighted by atomic mass is 9.99. The third kappa shape index (κ3) is 3.47.